The number of hydrogen-bond acceptors (Lipinski definition) is 2. The van der Waals surface area contributed by atoms with Gasteiger partial charge in [-0.3, -0.25) is 0 Å². The number of thioether (sulfide) groups is 1. The molecule has 0 spiro atoms. The molecule has 0 N–H and O–H groups in total. The van der Waals surface area contributed by atoms with Crippen molar-refractivity contribution in [3.8, 4) is 0 Å². The number of benzene rings is 1. The van der Waals surface area contributed by atoms with Crippen LogP contribution in [0.3, 0.4) is 0 Å². The van der Waals surface area contributed by atoms with Crippen molar-refractivity contribution in [1.29, 1.82) is 0 Å². The van der Waals surface area contributed by atoms with Gasteiger partial charge < -0.3 is 0 Å². The van der Waals surface area contributed by atoms with Crippen LogP contribution in [0.5, 0.6) is 0 Å². The maximum absolute atomic E-state index is 2.33. The summed E-state index contributed by atoms with van der Waals surface area (Å²) in [5, 5.41) is 2.01. The van der Waals surface area contributed by atoms with E-state index in [4.69, 9.17) is 0 Å². The summed E-state index contributed by atoms with van der Waals surface area (Å²) in [5.41, 5.74) is 1.35. The van der Waals surface area contributed by atoms with Crippen LogP contribution in [0, 0.1) is 6.92 Å². The molecule has 1 aromatic carbocycles. The molecule has 0 aliphatic rings. The Morgan fingerprint density at radius 3 is 2.79 bits per heavy atom. The first-order chi connectivity index (χ1) is 6.70. The molecule has 0 aliphatic carbocycles. The molecule has 0 aliphatic heterocycles. The lowest BCUT2D eigenvalue weighted by molar-refractivity contribution is 1.15. The molecule has 0 radical (unpaired) electrons. The van der Waals surface area contributed by atoms with Crippen LogP contribution in [0.15, 0.2) is 24.3 Å². The van der Waals surface area contributed by atoms with Crippen molar-refractivity contribution < 1.29 is 0 Å². The SMILES string of the molecule is CSC(C)c1cc2cc(C)ccc2s1. The summed E-state index contributed by atoms with van der Waals surface area (Å²) in [4.78, 5) is 1.48. The first-order valence-corrected chi connectivity index (χ1v) is 6.84. The van der Waals surface area contributed by atoms with Gasteiger partial charge in [-0.25, -0.2) is 0 Å². The van der Waals surface area contributed by atoms with Gasteiger partial charge in [0, 0.05) is 14.8 Å². The lowest BCUT2D eigenvalue weighted by Crippen LogP contribution is -1.78. The van der Waals surface area contributed by atoms with Crippen LogP contribution in [0.1, 0.15) is 22.6 Å². The number of rotatable bonds is 2. The zero-order valence-corrected chi connectivity index (χ0v) is 10.3. The molecule has 1 aromatic heterocycles. The van der Waals surface area contributed by atoms with Crippen LogP contribution in [-0.2, 0) is 0 Å². The van der Waals surface area contributed by atoms with Crippen molar-refractivity contribution in [3.05, 3.63) is 34.7 Å². The molecule has 2 heteroatoms. The van der Waals surface area contributed by atoms with Gasteiger partial charge in [-0.2, -0.15) is 11.8 Å². The second-order valence-electron chi connectivity index (χ2n) is 3.57. The molecule has 0 nitrogen and oxygen atoms in total. The number of fused-ring (bicyclic) bond motifs is 1. The number of aryl methyl sites for hydroxylation is 1. The second kappa shape index (κ2) is 3.95. The highest BCUT2D eigenvalue weighted by Crippen LogP contribution is 2.35. The van der Waals surface area contributed by atoms with E-state index in [0.29, 0.717) is 5.25 Å². The lowest BCUT2D eigenvalue weighted by Gasteiger charge is -2.02. The smallest absolute Gasteiger partial charge is 0.0360 e. The predicted molar refractivity (Wildman–Crippen MR) is 68.5 cm³/mol. The minimum Gasteiger partial charge on any atom is -0.157 e. The molecule has 14 heavy (non-hydrogen) atoms. The van der Waals surface area contributed by atoms with E-state index in [2.05, 4.69) is 44.4 Å². The molecular weight excluding hydrogens is 208 g/mol. The molecule has 0 saturated carbocycles. The van der Waals surface area contributed by atoms with Crippen LogP contribution in [0.2, 0.25) is 0 Å². The van der Waals surface area contributed by atoms with Crippen LogP contribution < -0.4 is 0 Å². The van der Waals surface area contributed by atoms with Crippen molar-refractivity contribution in [2.24, 2.45) is 0 Å². The summed E-state index contributed by atoms with van der Waals surface area (Å²) in [6, 6.07) is 9.01. The highest BCUT2D eigenvalue weighted by molar-refractivity contribution is 7.98. The van der Waals surface area contributed by atoms with Gasteiger partial charge in [0.1, 0.15) is 0 Å². The summed E-state index contributed by atoms with van der Waals surface area (Å²) in [6.07, 6.45) is 2.17. The van der Waals surface area contributed by atoms with Crippen molar-refractivity contribution in [2.75, 3.05) is 6.26 Å². The third-order valence-electron chi connectivity index (χ3n) is 2.45. The average molecular weight is 222 g/mol. The molecule has 1 atom stereocenters. The largest absolute Gasteiger partial charge is 0.157 e. The Labute approximate surface area is 93.3 Å². The number of hydrogen-bond donors (Lipinski definition) is 0. The predicted octanol–water partition coefficient (Wildman–Crippen LogP) is 4.63. The molecule has 1 heterocycles. The van der Waals surface area contributed by atoms with Gasteiger partial charge in [-0.1, -0.05) is 17.7 Å². The third-order valence-corrected chi connectivity index (χ3v) is 4.85. The summed E-state index contributed by atoms with van der Waals surface area (Å²) in [5.74, 6) is 0. The summed E-state index contributed by atoms with van der Waals surface area (Å²) >= 11 is 3.83. The van der Waals surface area contributed by atoms with Crippen molar-refractivity contribution in [3.63, 3.8) is 0 Å². The molecule has 0 amide bonds. The van der Waals surface area contributed by atoms with Crippen molar-refractivity contribution >= 4 is 33.2 Å². The van der Waals surface area contributed by atoms with E-state index >= 15 is 0 Å². The van der Waals surface area contributed by atoms with Crippen LogP contribution in [-0.4, -0.2) is 6.26 Å². The summed E-state index contributed by atoms with van der Waals surface area (Å²) in [7, 11) is 0. The van der Waals surface area contributed by atoms with E-state index < -0.39 is 0 Å². The van der Waals surface area contributed by atoms with E-state index in [-0.39, 0.29) is 0 Å². The monoisotopic (exact) mass is 222 g/mol. The molecule has 0 bridgehead atoms. The fourth-order valence-corrected chi connectivity index (χ4v) is 3.21. The van der Waals surface area contributed by atoms with Gasteiger partial charge in [0.15, 0.2) is 0 Å². The van der Waals surface area contributed by atoms with Gasteiger partial charge in [-0.15, -0.1) is 11.3 Å². The Balaban J connectivity index is 2.51. The Morgan fingerprint density at radius 1 is 1.29 bits per heavy atom. The van der Waals surface area contributed by atoms with Crippen molar-refractivity contribution in [1.82, 2.24) is 0 Å². The van der Waals surface area contributed by atoms with Crippen LogP contribution in [0.25, 0.3) is 10.1 Å². The van der Waals surface area contributed by atoms with Crippen LogP contribution in [0.4, 0.5) is 0 Å². The Kier molecular flexibility index (Phi) is 2.84. The molecule has 1 unspecified atom stereocenters. The second-order valence-corrected chi connectivity index (χ2v) is 5.86. The molecule has 2 rings (SSSR count). The van der Waals surface area contributed by atoms with E-state index in [1.54, 1.807) is 0 Å². The van der Waals surface area contributed by atoms with E-state index in [0.717, 1.165) is 0 Å². The molecule has 0 fully saturated rings. The minimum atomic E-state index is 0.618. The lowest BCUT2D eigenvalue weighted by atomic mass is 10.2. The maximum atomic E-state index is 2.33. The Hall–Kier alpha value is -0.470. The topological polar surface area (TPSA) is 0 Å². The van der Waals surface area contributed by atoms with Gasteiger partial charge in [0.2, 0.25) is 0 Å². The van der Waals surface area contributed by atoms with E-state index in [9.17, 15) is 0 Å². The highest BCUT2D eigenvalue weighted by Gasteiger charge is 2.07. The van der Waals surface area contributed by atoms with Gasteiger partial charge >= 0.3 is 0 Å². The molecule has 2 aromatic rings. The van der Waals surface area contributed by atoms with E-state index in [1.807, 2.05) is 23.1 Å². The fraction of sp³-hybridized carbons (Fsp3) is 0.333. The maximum Gasteiger partial charge on any atom is 0.0360 e. The third kappa shape index (κ3) is 1.82. The van der Waals surface area contributed by atoms with E-state index in [1.165, 1.54) is 20.5 Å². The highest BCUT2D eigenvalue weighted by atomic mass is 32.2. The number of thiophene rings is 1. The average Bonchev–Trinajstić information content (AvgIpc) is 2.59. The van der Waals surface area contributed by atoms with Crippen molar-refractivity contribution in [2.45, 2.75) is 19.1 Å². The first kappa shape index (κ1) is 10.1. The summed E-state index contributed by atoms with van der Waals surface area (Å²) < 4.78 is 1.41. The zero-order chi connectivity index (χ0) is 10.1. The normalized spacial score (nSPS) is 13.4. The minimum absolute atomic E-state index is 0.618. The Bertz CT molecular complexity index is 443. The summed E-state index contributed by atoms with van der Waals surface area (Å²) in [6.45, 7) is 4.41. The quantitative estimate of drug-likeness (QED) is 0.713. The Morgan fingerprint density at radius 2 is 2.07 bits per heavy atom. The standard InChI is InChI=1S/C12H14S2/c1-8-4-5-11-10(6-8)7-12(14-11)9(2)13-3/h4-7,9H,1-3H3. The van der Waals surface area contributed by atoms with Crippen LogP contribution >= 0.6 is 23.1 Å². The first-order valence-electron chi connectivity index (χ1n) is 4.73. The zero-order valence-electron chi connectivity index (χ0n) is 8.70. The molecule has 0 saturated heterocycles. The fourth-order valence-electron chi connectivity index (χ4n) is 1.50. The van der Waals surface area contributed by atoms with Gasteiger partial charge in [-0.05, 0) is 37.6 Å². The molecule has 74 valence electrons. The van der Waals surface area contributed by atoms with Gasteiger partial charge in [0.25, 0.3) is 0 Å². The van der Waals surface area contributed by atoms with Gasteiger partial charge in [0.05, 0.1) is 0 Å². The molecular formula is C12H14S2.